The molecule has 5 heteroatoms. The highest BCUT2D eigenvalue weighted by Gasteiger charge is 2.21. The number of ether oxygens (including phenoxy) is 1. The predicted octanol–water partition coefficient (Wildman–Crippen LogP) is 1.17. The number of nitrogens with zero attached hydrogens (tertiary/aromatic N) is 1. The lowest BCUT2D eigenvalue weighted by atomic mass is 10.0. The molecule has 5 nitrogen and oxygen atoms in total. The van der Waals surface area contributed by atoms with Crippen molar-refractivity contribution in [3.05, 3.63) is 18.3 Å². The molecule has 0 radical (unpaired) electrons. The van der Waals surface area contributed by atoms with E-state index in [2.05, 4.69) is 15.6 Å². The Bertz CT molecular complexity index is 389. The van der Waals surface area contributed by atoms with Gasteiger partial charge >= 0.3 is 0 Å². The lowest BCUT2D eigenvalue weighted by Crippen LogP contribution is -2.43. The minimum Gasteiger partial charge on any atom is -0.480 e. The van der Waals surface area contributed by atoms with Crippen LogP contribution in [0.5, 0.6) is 5.88 Å². The van der Waals surface area contributed by atoms with Crippen LogP contribution in [0, 0.1) is 0 Å². The van der Waals surface area contributed by atoms with Crippen molar-refractivity contribution in [3.8, 4) is 5.88 Å². The van der Waals surface area contributed by atoms with Crippen LogP contribution in [0.2, 0.25) is 0 Å². The van der Waals surface area contributed by atoms with E-state index in [-0.39, 0.29) is 11.9 Å². The number of methoxy groups -OCH3 is 1. The third kappa shape index (κ3) is 2.94. The van der Waals surface area contributed by atoms with Gasteiger partial charge in [-0.05, 0) is 31.5 Å². The summed E-state index contributed by atoms with van der Waals surface area (Å²) in [4.78, 5) is 16.0. The minimum absolute atomic E-state index is 0.0176. The zero-order chi connectivity index (χ0) is 12.1. The Kier molecular flexibility index (Phi) is 3.93. The summed E-state index contributed by atoms with van der Waals surface area (Å²) in [6, 6.07) is 3.45. The van der Waals surface area contributed by atoms with Gasteiger partial charge in [-0.1, -0.05) is 6.42 Å². The van der Waals surface area contributed by atoms with Crippen LogP contribution in [-0.4, -0.2) is 30.6 Å². The van der Waals surface area contributed by atoms with E-state index in [1.807, 2.05) is 0 Å². The van der Waals surface area contributed by atoms with Gasteiger partial charge in [0.2, 0.25) is 11.8 Å². The molecule has 1 aliphatic heterocycles. The number of anilines is 1. The smallest absolute Gasteiger partial charge is 0.241 e. The Morgan fingerprint density at radius 2 is 2.47 bits per heavy atom. The first-order valence-electron chi connectivity index (χ1n) is 5.84. The Morgan fingerprint density at radius 1 is 1.59 bits per heavy atom. The van der Waals surface area contributed by atoms with E-state index in [4.69, 9.17) is 4.74 Å². The molecule has 1 aromatic heterocycles. The third-order valence-corrected chi connectivity index (χ3v) is 2.85. The molecule has 0 saturated carbocycles. The Morgan fingerprint density at radius 3 is 3.18 bits per heavy atom. The van der Waals surface area contributed by atoms with Crippen LogP contribution >= 0.6 is 0 Å². The quantitative estimate of drug-likeness (QED) is 0.825. The SMILES string of the molecule is COc1ncccc1NC(=O)[C@H]1CCCCN1. The molecule has 1 aliphatic rings. The molecular weight excluding hydrogens is 218 g/mol. The predicted molar refractivity (Wildman–Crippen MR) is 65.1 cm³/mol. The summed E-state index contributed by atoms with van der Waals surface area (Å²) in [5.74, 6) is 0.424. The molecule has 2 N–H and O–H groups in total. The largest absolute Gasteiger partial charge is 0.480 e. The number of carbonyl (C=O) groups excluding carboxylic acids is 1. The van der Waals surface area contributed by atoms with Crippen LogP contribution in [0.3, 0.4) is 0 Å². The van der Waals surface area contributed by atoms with Crippen LogP contribution in [0.4, 0.5) is 5.69 Å². The maximum atomic E-state index is 12.0. The van der Waals surface area contributed by atoms with Crippen LogP contribution in [-0.2, 0) is 4.79 Å². The second-order valence-corrected chi connectivity index (χ2v) is 4.05. The number of pyridine rings is 1. The maximum absolute atomic E-state index is 12.0. The Balaban J connectivity index is 2.01. The summed E-state index contributed by atoms with van der Waals surface area (Å²) in [7, 11) is 1.54. The Hall–Kier alpha value is -1.62. The highest BCUT2D eigenvalue weighted by Crippen LogP contribution is 2.20. The first-order chi connectivity index (χ1) is 8.31. The Labute approximate surface area is 101 Å². The maximum Gasteiger partial charge on any atom is 0.241 e. The van der Waals surface area contributed by atoms with Crippen molar-refractivity contribution in [2.24, 2.45) is 0 Å². The van der Waals surface area contributed by atoms with E-state index in [0.29, 0.717) is 11.6 Å². The van der Waals surface area contributed by atoms with E-state index in [1.54, 1.807) is 18.3 Å². The highest BCUT2D eigenvalue weighted by atomic mass is 16.5. The second-order valence-electron chi connectivity index (χ2n) is 4.05. The first kappa shape index (κ1) is 11.9. The molecule has 0 aliphatic carbocycles. The number of hydrogen-bond acceptors (Lipinski definition) is 4. The van der Waals surface area contributed by atoms with E-state index in [1.165, 1.54) is 7.11 Å². The summed E-state index contributed by atoms with van der Waals surface area (Å²) in [5.41, 5.74) is 0.618. The van der Waals surface area contributed by atoms with Crippen LogP contribution < -0.4 is 15.4 Å². The van der Waals surface area contributed by atoms with Crippen LogP contribution in [0.15, 0.2) is 18.3 Å². The van der Waals surface area contributed by atoms with Gasteiger partial charge in [0.05, 0.1) is 13.2 Å². The summed E-state index contributed by atoms with van der Waals surface area (Å²) in [5, 5.41) is 6.05. The topological polar surface area (TPSA) is 63.2 Å². The fraction of sp³-hybridized carbons (Fsp3) is 0.500. The fourth-order valence-electron chi connectivity index (χ4n) is 1.94. The van der Waals surface area contributed by atoms with Crippen molar-refractivity contribution < 1.29 is 9.53 Å². The molecule has 1 atom stereocenters. The van der Waals surface area contributed by atoms with Crippen LogP contribution in [0.25, 0.3) is 0 Å². The monoisotopic (exact) mass is 235 g/mol. The number of carbonyl (C=O) groups is 1. The lowest BCUT2D eigenvalue weighted by molar-refractivity contribution is -0.118. The molecule has 1 amide bonds. The average Bonchev–Trinajstić information content (AvgIpc) is 2.40. The minimum atomic E-state index is -0.103. The van der Waals surface area contributed by atoms with Crippen molar-refractivity contribution in [2.45, 2.75) is 25.3 Å². The summed E-state index contributed by atoms with van der Waals surface area (Å²) >= 11 is 0. The molecule has 0 spiro atoms. The van der Waals surface area contributed by atoms with Gasteiger partial charge in [0, 0.05) is 6.20 Å². The van der Waals surface area contributed by atoms with Crippen molar-refractivity contribution in [2.75, 3.05) is 19.0 Å². The van der Waals surface area contributed by atoms with Gasteiger partial charge in [0.25, 0.3) is 0 Å². The molecule has 0 aromatic carbocycles. The molecule has 1 saturated heterocycles. The lowest BCUT2D eigenvalue weighted by Gasteiger charge is -2.22. The third-order valence-electron chi connectivity index (χ3n) is 2.85. The summed E-state index contributed by atoms with van der Waals surface area (Å²) < 4.78 is 5.09. The van der Waals surface area contributed by atoms with Gasteiger partial charge in [-0.3, -0.25) is 4.79 Å². The summed E-state index contributed by atoms with van der Waals surface area (Å²) in [6.07, 6.45) is 4.75. The number of hydrogen-bond donors (Lipinski definition) is 2. The molecule has 0 bridgehead atoms. The average molecular weight is 235 g/mol. The summed E-state index contributed by atoms with van der Waals surface area (Å²) in [6.45, 7) is 0.905. The van der Waals surface area contributed by atoms with Gasteiger partial charge in [-0.15, -0.1) is 0 Å². The van der Waals surface area contributed by atoms with Crippen molar-refractivity contribution in [3.63, 3.8) is 0 Å². The number of rotatable bonds is 3. The van der Waals surface area contributed by atoms with Gasteiger partial charge in [0.15, 0.2) is 0 Å². The zero-order valence-electron chi connectivity index (χ0n) is 9.90. The van der Waals surface area contributed by atoms with E-state index < -0.39 is 0 Å². The van der Waals surface area contributed by atoms with Crippen LogP contribution in [0.1, 0.15) is 19.3 Å². The number of amides is 1. The molecule has 1 fully saturated rings. The number of aromatic nitrogens is 1. The van der Waals surface area contributed by atoms with Gasteiger partial charge in [0.1, 0.15) is 5.69 Å². The van der Waals surface area contributed by atoms with Crippen molar-refractivity contribution in [1.29, 1.82) is 0 Å². The highest BCUT2D eigenvalue weighted by molar-refractivity contribution is 5.95. The molecule has 0 unspecified atom stereocenters. The van der Waals surface area contributed by atoms with Gasteiger partial charge in [-0.2, -0.15) is 0 Å². The van der Waals surface area contributed by atoms with Crippen molar-refractivity contribution >= 4 is 11.6 Å². The number of piperidine rings is 1. The zero-order valence-corrected chi connectivity index (χ0v) is 9.90. The fourth-order valence-corrected chi connectivity index (χ4v) is 1.94. The van der Waals surface area contributed by atoms with E-state index in [9.17, 15) is 4.79 Å². The van der Waals surface area contributed by atoms with E-state index in [0.717, 1.165) is 25.8 Å². The first-order valence-corrected chi connectivity index (χ1v) is 5.84. The normalized spacial score (nSPS) is 19.7. The molecule has 2 rings (SSSR count). The molecular formula is C12H17N3O2. The standard InChI is InChI=1S/C12H17N3O2/c1-17-12-10(6-4-8-14-12)15-11(16)9-5-2-3-7-13-9/h4,6,8-9,13H,2-3,5,7H2,1H3,(H,15,16)/t9-/m1/s1. The molecule has 2 heterocycles. The van der Waals surface area contributed by atoms with Crippen molar-refractivity contribution in [1.82, 2.24) is 10.3 Å². The number of nitrogens with one attached hydrogen (secondary N) is 2. The van der Waals surface area contributed by atoms with Gasteiger partial charge < -0.3 is 15.4 Å². The van der Waals surface area contributed by atoms with E-state index >= 15 is 0 Å². The second kappa shape index (κ2) is 5.63. The molecule has 1 aromatic rings. The molecule has 92 valence electrons. The van der Waals surface area contributed by atoms with Gasteiger partial charge in [-0.25, -0.2) is 4.98 Å². The molecule has 17 heavy (non-hydrogen) atoms.